The molecule has 1 rings (SSSR count). The maximum absolute atomic E-state index is 12.9. The maximum Gasteiger partial charge on any atom is 0.320 e. The highest BCUT2D eigenvalue weighted by Gasteiger charge is 2.15. The highest BCUT2D eigenvalue weighted by molar-refractivity contribution is 5.72. The number of carboxylic acid groups (broad SMARTS) is 1. The molecule has 104 valence electrons. The minimum atomic E-state index is -1.09. The van der Waals surface area contributed by atoms with Crippen molar-refractivity contribution in [3.8, 4) is 0 Å². The molecule has 7 nitrogen and oxygen atoms in total. The first-order valence-electron chi connectivity index (χ1n) is 5.58. The second kappa shape index (κ2) is 6.64. The lowest BCUT2D eigenvalue weighted by molar-refractivity contribution is -0.384. The Bertz CT molecular complexity index is 481. The molecule has 0 aliphatic carbocycles. The van der Waals surface area contributed by atoms with E-state index in [1.54, 1.807) is 0 Å². The van der Waals surface area contributed by atoms with Crippen molar-refractivity contribution < 1.29 is 19.2 Å². The fraction of sp³-hybridized carbons (Fsp3) is 0.364. The van der Waals surface area contributed by atoms with E-state index >= 15 is 0 Å². The molecular weight excluding hydrogens is 257 g/mol. The number of hydrogen-bond donors (Lipinski definition) is 3. The Hall–Kier alpha value is -2.22. The molecule has 0 aliphatic heterocycles. The van der Waals surface area contributed by atoms with Crippen LogP contribution in [-0.4, -0.2) is 28.6 Å². The summed E-state index contributed by atoms with van der Waals surface area (Å²) in [6.07, 6.45) is 0.680. The smallest absolute Gasteiger partial charge is 0.320 e. The van der Waals surface area contributed by atoms with Gasteiger partial charge >= 0.3 is 5.97 Å². The van der Waals surface area contributed by atoms with Crippen LogP contribution in [0.25, 0.3) is 0 Å². The monoisotopic (exact) mass is 271 g/mol. The number of aliphatic carboxylic acids is 1. The molecule has 0 aromatic heterocycles. The van der Waals surface area contributed by atoms with Crippen molar-refractivity contribution >= 4 is 17.3 Å². The van der Waals surface area contributed by atoms with E-state index in [1.165, 1.54) is 6.07 Å². The van der Waals surface area contributed by atoms with Gasteiger partial charge in [-0.25, -0.2) is 4.39 Å². The second-order valence-electron chi connectivity index (χ2n) is 3.93. The zero-order valence-corrected chi connectivity index (χ0v) is 10.0. The molecule has 0 radical (unpaired) electrons. The van der Waals surface area contributed by atoms with Gasteiger partial charge < -0.3 is 16.2 Å². The molecule has 0 unspecified atom stereocenters. The van der Waals surface area contributed by atoms with Crippen LogP contribution in [0.1, 0.15) is 12.8 Å². The first kappa shape index (κ1) is 14.8. The summed E-state index contributed by atoms with van der Waals surface area (Å²) in [5.74, 6) is -1.78. The summed E-state index contributed by atoms with van der Waals surface area (Å²) in [6.45, 7) is 0.313. The number of nitro groups is 1. The minimum Gasteiger partial charge on any atom is -0.480 e. The third-order valence-electron chi connectivity index (χ3n) is 2.48. The summed E-state index contributed by atoms with van der Waals surface area (Å²) < 4.78 is 12.9. The lowest BCUT2D eigenvalue weighted by atomic mass is 10.1. The Morgan fingerprint density at radius 2 is 2.26 bits per heavy atom. The predicted molar refractivity (Wildman–Crippen MR) is 66.4 cm³/mol. The normalized spacial score (nSPS) is 11.9. The fourth-order valence-electron chi connectivity index (χ4n) is 1.47. The number of carboxylic acids is 1. The first-order chi connectivity index (χ1) is 8.91. The average Bonchev–Trinajstić information content (AvgIpc) is 2.35. The van der Waals surface area contributed by atoms with Crippen LogP contribution < -0.4 is 11.1 Å². The second-order valence-corrected chi connectivity index (χ2v) is 3.93. The molecule has 0 heterocycles. The molecule has 8 heteroatoms. The fourth-order valence-corrected chi connectivity index (χ4v) is 1.47. The van der Waals surface area contributed by atoms with Crippen LogP contribution in [-0.2, 0) is 4.79 Å². The molecule has 0 aliphatic rings. The third-order valence-corrected chi connectivity index (χ3v) is 2.48. The highest BCUT2D eigenvalue weighted by Crippen LogP contribution is 2.24. The Morgan fingerprint density at radius 3 is 2.84 bits per heavy atom. The van der Waals surface area contributed by atoms with Gasteiger partial charge in [-0.3, -0.25) is 14.9 Å². The molecule has 0 saturated heterocycles. The van der Waals surface area contributed by atoms with E-state index in [-0.39, 0.29) is 17.8 Å². The Balaban J connectivity index is 2.54. The molecular formula is C11H14FN3O4. The summed E-state index contributed by atoms with van der Waals surface area (Å²) in [7, 11) is 0. The zero-order valence-electron chi connectivity index (χ0n) is 10.0. The topological polar surface area (TPSA) is 118 Å². The molecule has 1 aromatic rings. The van der Waals surface area contributed by atoms with Crippen LogP contribution in [0.15, 0.2) is 18.2 Å². The first-order valence-corrected chi connectivity index (χ1v) is 5.58. The molecule has 0 saturated carbocycles. The number of nitrogens with two attached hydrogens (primary N) is 1. The summed E-state index contributed by atoms with van der Waals surface area (Å²) in [5, 5.41) is 22.0. The van der Waals surface area contributed by atoms with E-state index in [0.717, 1.165) is 12.1 Å². The number of carbonyl (C=O) groups is 1. The standard InChI is InChI=1S/C11H14FN3O4/c12-7-3-4-9(10(6-7)15(18)19)14-5-1-2-8(13)11(16)17/h3-4,6,8,14H,1-2,5,13H2,(H,16,17)/t8-/m0/s1. The number of benzene rings is 1. The number of nitrogens with zero attached hydrogens (tertiary/aromatic N) is 1. The third kappa shape index (κ3) is 4.51. The Morgan fingerprint density at radius 1 is 1.58 bits per heavy atom. The summed E-state index contributed by atoms with van der Waals surface area (Å²) in [4.78, 5) is 20.5. The molecule has 4 N–H and O–H groups in total. The van der Waals surface area contributed by atoms with E-state index < -0.39 is 22.8 Å². The predicted octanol–water partition coefficient (Wildman–Crippen LogP) is 1.34. The van der Waals surface area contributed by atoms with Gasteiger partial charge in [0.1, 0.15) is 17.5 Å². The van der Waals surface area contributed by atoms with Crippen LogP contribution in [0.4, 0.5) is 15.8 Å². The van der Waals surface area contributed by atoms with Crippen molar-refractivity contribution in [1.29, 1.82) is 0 Å². The minimum absolute atomic E-state index is 0.190. The van der Waals surface area contributed by atoms with Gasteiger partial charge in [0, 0.05) is 6.54 Å². The van der Waals surface area contributed by atoms with Crippen LogP contribution in [0.3, 0.4) is 0 Å². The summed E-state index contributed by atoms with van der Waals surface area (Å²) in [6, 6.07) is 2.25. The average molecular weight is 271 g/mol. The van der Waals surface area contributed by atoms with Crippen LogP contribution in [0.5, 0.6) is 0 Å². The van der Waals surface area contributed by atoms with Crippen molar-refractivity contribution in [2.75, 3.05) is 11.9 Å². The van der Waals surface area contributed by atoms with Crippen molar-refractivity contribution in [2.24, 2.45) is 5.73 Å². The number of anilines is 1. The largest absolute Gasteiger partial charge is 0.480 e. The van der Waals surface area contributed by atoms with Gasteiger partial charge in [0.25, 0.3) is 5.69 Å². The van der Waals surface area contributed by atoms with Crippen molar-refractivity contribution in [1.82, 2.24) is 0 Å². The Labute approximate surface area is 108 Å². The van der Waals surface area contributed by atoms with E-state index in [0.29, 0.717) is 13.0 Å². The summed E-state index contributed by atoms with van der Waals surface area (Å²) in [5.41, 5.74) is 5.14. The van der Waals surface area contributed by atoms with Crippen LogP contribution in [0.2, 0.25) is 0 Å². The molecule has 0 spiro atoms. The van der Waals surface area contributed by atoms with Gasteiger partial charge in [0.2, 0.25) is 0 Å². The zero-order chi connectivity index (χ0) is 14.4. The van der Waals surface area contributed by atoms with E-state index in [1.807, 2.05) is 0 Å². The Kier molecular flexibility index (Phi) is 5.19. The number of rotatable bonds is 7. The van der Waals surface area contributed by atoms with Crippen LogP contribution >= 0.6 is 0 Å². The lowest BCUT2D eigenvalue weighted by Gasteiger charge is -2.08. The van der Waals surface area contributed by atoms with E-state index in [9.17, 15) is 19.3 Å². The van der Waals surface area contributed by atoms with Crippen molar-refractivity contribution in [3.63, 3.8) is 0 Å². The SMILES string of the molecule is N[C@@H](CCCNc1ccc(F)cc1[N+](=O)[O-])C(=O)O. The van der Waals surface area contributed by atoms with Gasteiger partial charge in [0.05, 0.1) is 11.0 Å². The number of halogens is 1. The molecule has 1 aromatic carbocycles. The summed E-state index contributed by atoms with van der Waals surface area (Å²) >= 11 is 0. The molecule has 1 atom stereocenters. The van der Waals surface area contributed by atoms with Gasteiger partial charge in [0.15, 0.2) is 0 Å². The van der Waals surface area contributed by atoms with Crippen LogP contribution in [0, 0.1) is 15.9 Å². The van der Waals surface area contributed by atoms with Gasteiger partial charge in [-0.15, -0.1) is 0 Å². The van der Waals surface area contributed by atoms with Gasteiger partial charge in [-0.05, 0) is 25.0 Å². The molecule has 0 bridgehead atoms. The molecule has 19 heavy (non-hydrogen) atoms. The van der Waals surface area contributed by atoms with E-state index in [4.69, 9.17) is 10.8 Å². The molecule has 0 amide bonds. The highest BCUT2D eigenvalue weighted by atomic mass is 19.1. The van der Waals surface area contributed by atoms with Crippen molar-refractivity contribution in [2.45, 2.75) is 18.9 Å². The number of nitro benzene ring substituents is 1. The molecule has 0 fully saturated rings. The van der Waals surface area contributed by atoms with Gasteiger partial charge in [-0.1, -0.05) is 0 Å². The maximum atomic E-state index is 12.9. The number of hydrogen-bond acceptors (Lipinski definition) is 5. The van der Waals surface area contributed by atoms with Gasteiger partial charge in [-0.2, -0.15) is 0 Å². The number of nitrogens with one attached hydrogen (secondary N) is 1. The lowest BCUT2D eigenvalue weighted by Crippen LogP contribution is -2.30. The van der Waals surface area contributed by atoms with Crippen molar-refractivity contribution in [3.05, 3.63) is 34.1 Å². The van der Waals surface area contributed by atoms with E-state index in [2.05, 4.69) is 5.32 Å². The quantitative estimate of drug-likeness (QED) is 0.391.